The average molecular weight is 547 g/mol. The van der Waals surface area contributed by atoms with Crippen molar-refractivity contribution in [3.05, 3.63) is 71.4 Å². The molecule has 0 amide bonds. The SMILES string of the molecule is CN(CCNc1ccc(-n2cnn(CC3CCN(CCOc4ccccc4)CC3)c2=O)cc1)CC1CCCCC1. The third-order valence-electron chi connectivity index (χ3n) is 8.55. The number of hydrogen-bond donors (Lipinski definition) is 1. The first-order valence-corrected chi connectivity index (χ1v) is 15.2. The maximum Gasteiger partial charge on any atom is 0.350 e. The number of rotatable bonds is 13. The minimum absolute atomic E-state index is 0.0660. The standard InChI is InChI=1S/C32H46N6O2/c1-35(24-27-8-4-2-5-9-27)21-18-33-29-12-14-30(15-13-29)37-26-34-38(32(37)39)25-28-16-19-36(20-17-28)22-23-40-31-10-6-3-7-11-31/h3,6-7,10-15,26-28,33H,2,4-5,8-9,16-25H2,1H3. The molecule has 2 aliphatic rings. The van der Waals surface area contributed by atoms with E-state index in [-0.39, 0.29) is 5.69 Å². The van der Waals surface area contributed by atoms with Crippen molar-refractivity contribution < 1.29 is 4.74 Å². The van der Waals surface area contributed by atoms with Crippen LogP contribution in [0.3, 0.4) is 0 Å². The summed E-state index contributed by atoms with van der Waals surface area (Å²) < 4.78 is 9.13. The maximum atomic E-state index is 13.1. The second-order valence-corrected chi connectivity index (χ2v) is 11.7. The Morgan fingerprint density at radius 3 is 2.45 bits per heavy atom. The summed E-state index contributed by atoms with van der Waals surface area (Å²) in [4.78, 5) is 18.0. The summed E-state index contributed by atoms with van der Waals surface area (Å²) in [5.74, 6) is 2.26. The van der Waals surface area contributed by atoms with E-state index in [2.05, 4.69) is 39.4 Å². The van der Waals surface area contributed by atoms with E-state index in [0.717, 1.165) is 68.6 Å². The van der Waals surface area contributed by atoms with Crippen molar-refractivity contribution in [2.24, 2.45) is 11.8 Å². The van der Waals surface area contributed by atoms with Gasteiger partial charge < -0.3 is 15.0 Å². The largest absolute Gasteiger partial charge is 0.492 e. The Balaban J connectivity index is 1.03. The van der Waals surface area contributed by atoms with E-state index in [0.29, 0.717) is 19.1 Å². The van der Waals surface area contributed by atoms with Gasteiger partial charge in [0.2, 0.25) is 0 Å². The number of para-hydroxylation sites is 1. The van der Waals surface area contributed by atoms with E-state index in [1.807, 2.05) is 42.5 Å². The number of anilines is 1. The molecule has 1 saturated carbocycles. The van der Waals surface area contributed by atoms with Gasteiger partial charge in [0.15, 0.2) is 0 Å². The molecule has 0 spiro atoms. The van der Waals surface area contributed by atoms with Crippen LogP contribution in [-0.4, -0.2) is 77.1 Å². The lowest BCUT2D eigenvalue weighted by Gasteiger charge is -2.31. The molecule has 1 aliphatic carbocycles. The lowest BCUT2D eigenvalue weighted by molar-refractivity contribution is 0.145. The van der Waals surface area contributed by atoms with Gasteiger partial charge in [-0.1, -0.05) is 37.5 Å². The molecule has 0 radical (unpaired) electrons. The Hall–Kier alpha value is -3.10. The van der Waals surface area contributed by atoms with Crippen LogP contribution < -0.4 is 15.7 Å². The van der Waals surface area contributed by atoms with Crippen LogP contribution in [-0.2, 0) is 6.54 Å². The summed E-state index contributed by atoms with van der Waals surface area (Å²) in [6.45, 7) is 7.52. The molecule has 0 bridgehead atoms. The molecule has 2 aromatic carbocycles. The Morgan fingerprint density at radius 1 is 0.950 bits per heavy atom. The number of likely N-dealkylation sites (tertiary alicyclic amines) is 1. The number of benzene rings is 2. The predicted octanol–water partition coefficient (Wildman–Crippen LogP) is 4.75. The first-order chi connectivity index (χ1) is 19.6. The second kappa shape index (κ2) is 14.5. The van der Waals surface area contributed by atoms with Crippen molar-refractivity contribution in [3.8, 4) is 11.4 Å². The molecular formula is C32H46N6O2. The fourth-order valence-corrected chi connectivity index (χ4v) is 6.12. The van der Waals surface area contributed by atoms with Crippen LogP contribution in [0.4, 0.5) is 5.69 Å². The van der Waals surface area contributed by atoms with Gasteiger partial charge in [-0.25, -0.2) is 14.0 Å². The highest BCUT2D eigenvalue weighted by Gasteiger charge is 2.21. The lowest BCUT2D eigenvalue weighted by Crippen LogP contribution is -2.38. The number of piperidine rings is 1. The monoisotopic (exact) mass is 546 g/mol. The van der Waals surface area contributed by atoms with Crippen molar-refractivity contribution in [1.29, 1.82) is 0 Å². The van der Waals surface area contributed by atoms with Crippen LogP contribution in [0.2, 0.25) is 0 Å². The minimum atomic E-state index is -0.0660. The first kappa shape index (κ1) is 28.4. The maximum absolute atomic E-state index is 13.1. The summed E-state index contributed by atoms with van der Waals surface area (Å²) in [6.07, 6.45) is 10.8. The van der Waals surface area contributed by atoms with E-state index >= 15 is 0 Å². The van der Waals surface area contributed by atoms with Crippen LogP contribution in [0.25, 0.3) is 5.69 Å². The highest BCUT2D eigenvalue weighted by atomic mass is 16.5. The highest BCUT2D eigenvalue weighted by molar-refractivity contribution is 5.48. The molecule has 8 nitrogen and oxygen atoms in total. The summed E-state index contributed by atoms with van der Waals surface area (Å²) in [7, 11) is 2.23. The number of ether oxygens (including phenoxy) is 1. The van der Waals surface area contributed by atoms with Gasteiger partial charge in [0, 0.05) is 38.4 Å². The van der Waals surface area contributed by atoms with Crippen LogP contribution in [0.1, 0.15) is 44.9 Å². The molecule has 1 N–H and O–H groups in total. The lowest BCUT2D eigenvalue weighted by atomic mass is 9.89. The zero-order valence-electron chi connectivity index (χ0n) is 24.1. The normalized spacial score (nSPS) is 17.4. The average Bonchev–Trinajstić information content (AvgIpc) is 3.35. The first-order valence-electron chi connectivity index (χ1n) is 15.2. The van der Waals surface area contributed by atoms with Crippen molar-refractivity contribution in [2.45, 2.75) is 51.5 Å². The molecule has 0 unspecified atom stereocenters. The number of likely N-dealkylation sites (N-methyl/N-ethyl adjacent to an activating group) is 1. The summed E-state index contributed by atoms with van der Waals surface area (Å²) in [6, 6.07) is 18.1. The zero-order chi connectivity index (χ0) is 27.6. The Labute approximate surface area is 238 Å². The van der Waals surface area contributed by atoms with Gasteiger partial charge in [-0.2, -0.15) is 5.10 Å². The smallest absolute Gasteiger partial charge is 0.350 e. The topological polar surface area (TPSA) is 67.6 Å². The number of aromatic nitrogens is 3. The molecular weight excluding hydrogens is 500 g/mol. The molecule has 0 atom stereocenters. The van der Waals surface area contributed by atoms with Crippen molar-refractivity contribution >= 4 is 5.69 Å². The van der Waals surface area contributed by atoms with Crippen LogP contribution in [0.15, 0.2) is 65.7 Å². The molecule has 8 heteroatoms. The van der Waals surface area contributed by atoms with Gasteiger partial charge in [0.1, 0.15) is 18.7 Å². The summed E-state index contributed by atoms with van der Waals surface area (Å²) in [5, 5.41) is 7.97. The van der Waals surface area contributed by atoms with E-state index in [1.165, 1.54) is 38.6 Å². The predicted molar refractivity (Wildman–Crippen MR) is 161 cm³/mol. The molecule has 3 aromatic rings. The van der Waals surface area contributed by atoms with E-state index < -0.39 is 0 Å². The van der Waals surface area contributed by atoms with Crippen LogP contribution in [0.5, 0.6) is 5.75 Å². The number of hydrogen-bond acceptors (Lipinski definition) is 6. The fraction of sp³-hybridized carbons (Fsp3) is 0.562. The Kier molecular flexibility index (Phi) is 10.3. The van der Waals surface area contributed by atoms with Gasteiger partial charge >= 0.3 is 5.69 Å². The second-order valence-electron chi connectivity index (χ2n) is 11.7. The third-order valence-corrected chi connectivity index (χ3v) is 8.55. The van der Waals surface area contributed by atoms with Crippen LogP contribution in [0, 0.1) is 11.8 Å². The quantitative estimate of drug-likeness (QED) is 0.334. The molecule has 2 heterocycles. The van der Waals surface area contributed by atoms with Crippen molar-refractivity contribution in [1.82, 2.24) is 24.1 Å². The molecule has 1 aliphatic heterocycles. The minimum Gasteiger partial charge on any atom is -0.492 e. The van der Waals surface area contributed by atoms with Crippen LogP contribution >= 0.6 is 0 Å². The summed E-state index contributed by atoms with van der Waals surface area (Å²) in [5.41, 5.74) is 1.87. The van der Waals surface area contributed by atoms with E-state index in [1.54, 1.807) is 15.6 Å². The zero-order valence-corrected chi connectivity index (χ0v) is 24.1. The molecule has 5 rings (SSSR count). The van der Waals surface area contributed by atoms with E-state index in [9.17, 15) is 4.79 Å². The molecule has 40 heavy (non-hydrogen) atoms. The van der Waals surface area contributed by atoms with Gasteiger partial charge in [-0.15, -0.1) is 0 Å². The van der Waals surface area contributed by atoms with Crippen molar-refractivity contribution in [2.75, 3.05) is 58.2 Å². The van der Waals surface area contributed by atoms with Gasteiger partial charge in [0.05, 0.1) is 5.69 Å². The Bertz CT molecular complexity index is 1190. The molecule has 2 fully saturated rings. The number of nitrogens with one attached hydrogen (secondary N) is 1. The van der Waals surface area contributed by atoms with Gasteiger partial charge in [-0.05, 0) is 94.1 Å². The highest BCUT2D eigenvalue weighted by Crippen LogP contribution is 2.24. The molecule has 1 aromatic heterocycles. The van der Waals surface area contributed by atoms with E-state index in [4.69, 9.17) is 4.74 Å². The summed E-state index contributed by atoms with van der Waals surface area (Å²) >= 11 is 0. The van der Waals surface area contributed by atoms with Gasteiger partial charge in [-0.3, -0.25) is 4.90 Å². The van der Waals surface area contributed by atoms with Gasteiger partial charge in [0.25, 0.3) is 0 Å². The Morgan fingerprint density at radius 2 is 1.70 bits per heavy atom. The molecule has 1 saturated heterocycles. The van der Waals surface area contributed by atoms with Crippen molar-refractivity contribution in [3.63, 3.8) is 0 Å². The fourth-order valence-electron chi connectivity index (χ4n) is 6.12. The molecule has 216 valence electrons. The number of nitrogens with zero attached hydrogens (tertiary/aromatic N) is 5. The third kappa shape index (κ3) is 8.21.